The molecule has 3 rings (SSSR count). The van der Waals surface area contributed by atoms with Crippen molar-refractivity contribution >= 4 is 39.8 Å². The molecule has 0 fully saturated rings. The summed E-state index contributed by atoms with van der Waals surface area (Å²) in [7, 11) is 0. The maximum absolute atomic E-state index is 13.0. The van der Waals surface area contributed by atoms with Gasteiger partial charge in [0.05, 0.1) is 17.7 Å². The number of pyridine rings is 1. The molecule has 0 spiro atoms. The molecule has 11 heteroatoms. The zero-order valence-electron chi connectivity index (χ0n) is 16.8. The number of rotatable bonds is 5. The van der Waals surface area contributed by atoms with E-state index in [2.05, 4.69) is 12.2 Å². The van der Waals surface area contributed by atoms with Gasteiger partial charge in [-0.05, 0) is 43.7 Å². The van der Waals surface area contributed by atoms with Gasteiger partial charge >= 0.3 is 12.1 Å². The van der Waals surface area contributed by atoms with E-state index in [1.165, 1.54) is 11.3 Å². The van der Waals surface area contributed by atoms with Crippen molar-refractivity contribution in [3.8, 4) is 0 Å². The molecule has 1 unspecified atom stereocenters. The van der Waals surface area contributed by atoms with Crippen LogP contribution in [-0.2, 0) is 35.1 Å². The number of nitrogens with zero attached hydrogens (tertiary/aromatic N) is 1. The molecule has 1 aliphatic carbocycles. The molecule has 2 heterocycles. The first-order valence-corrected chi connectivity index (χ1v) is 10.8. The van der Waals surface area contributed by atoms with Crippen LogP contribution in [-0.4, -0.2) is 23.1 Å². The minimum absolute atomic E-state index is 0.158. The number of fused-ring (bicyclic) bond motifs is 1. The van der Waals surface area contributed by atoms with Gasteiger partial charge in [0.15, 0.2) is 0 Å². The predicted molar refractivity (Wildman–Crippen MR) is 111 cm³/mol. The number of thiophene rings is 1. The van der Waals surface area contributed by atoms with Gasteiger partial charge in [-0.15, -0.1) is 11.3 Å². The molecule has 0 saturated carbocycles. The number of hydrogen-bond donors (Lipinski definition) is 1. The van der Waals surface area contributed by atoms with E-state index in [0.717, 1.165) is 23.3 Å². The zero-order chi connectivity index (χ0) is 22.9. The maximum atomic E-state index is 13.0. The van der Waals surface area contributed by atoms with Crippen LogP contribution in [0.3, 0.4) is 0 Å². The van der Waals surface area contributed by atoms with Crippen LogP contribution < -0.4 is 10.9 Å². The van der Waals surface area contributed by atoms with E-state index < -0.39 is 40.7 Å². The molecule has 1 N–H and O–H groups in total. The molecule has 168 valence electrons. The Labute approximate surface area is 185 Å². The predicted octanol–water partition coefficient (Wildman–Crippen LogP) is 4.52. The van der Waals surface area contributed by atoms with Gasteiger partial charge in [-0.25, -0.2) is 4.79 Å². The zero-order valence-corrected chi connectivity index (χ0v) is 18.3. The maximum Gasteiger partial charge on any atom is 0.417 e. The summed E-state index contributed by atoms with van der Waals surface area (Å²) in [6, 6.07) is 0.519. The van der Waals surface area contributed by atoms with Crippen molar-refractivity contribution in [2.24, 2.45) is 5.92 Å². The quantitative estimate of drug-likeness (QED) is 0.643. The molecule has 0 saturated heterocycles. The van der Waals surface area contributed by atoms with Crippen LogP contribution in [0.25, 0.3) is 0 Å². The Balaban J connectivity index is 1.90. The van der Waals surface area contributed by atoms with Gasteiger partial charge in [-0.3, -0.25) is 9.59 Å². The summed E-state index contributed by atoms with van der Waals surface area (Å²) in [6.07, 6.45) is -1.87. The largest absolute Gasteiger partial charge is 0.462 e. The van der Waals surface area contributed by atoms with Crippen molar-refractivity contribution in [3.63, 3.8) is 0 Å². The Morgan fingerprint density at radius 2 is 2.10 bits per heavy atom. The molecule has 2 aromatic rings. The van der Waals surface area contributed by atoms with Crippen LogP contribution in [0.2, 0.25) is 5.02 Å². The molecule has 1 amide bonds. The first-order chi connectivity index (χ1) is 14.5. The number of halogens is 4. The summed E-state index contributed by atoms with van der Waals surface area (Å²) in [5.74, 6) is -0.894. The van der Waals surface area contributed by atoms with Crippen molar-refractivity contribution in [3.05, 3.63) is 49.2 Å². The van der Waals surface area contributed by atoms with E-state index >= 15 is 0 Å². The highest BCUT2D eigenvalue weighted by Gasteiger charge is 2.33. The highest BCUT2D eigenvalue weighted by atomic mass is 35.5. The standard InChI is InChI=1S/C20H20ClF3N2O4S/c1-3-30-19(29)16-12-5-4-10(2)6-14(12)31-17(16)25-15(27)9-26-8-11(20(22,23)24)7-13(21)18(26)28/h7-8,10H,3-6,9H2,1-2H3,(H,25,27). The first kappa shape index (κ1) is 23.3. The van der Waals surface area contributed by atoms with E-state index in [-0.39, 0.29) is 17.2 Å². The number of alkyl halides is 3. The van der Waals surface area contributed by atoms with Crippen molar-refractivity contribution in [1.29, 1.82) is 0 Å². The number of anilines is 1. The first-order valence-electron chi connectivity index (χ1n) is 9.60. The molecule has 0 bridgehead atoms. The number of carbonyl (C=O) groups is 2. The van der Waals surface area contributed by atoms with Crippen LogP contribution in [0.5, 0.6) is 0 Å². The lowest BCUT2D eigenvalue weighted by molar-refractivity contribution is -0.138. The van der Waals surface area contributed by atoms with Crippen molar-refractivity contribution in [1.82, 2.24) is 4.57 Å². The van der Waals surface area contributed by atoms with Crippen LogP contribution in [0.15, 0.2) is 17.1 Å². The Kier molecular flexibility index (Phi) is 6.80. The fraction of sp³-hybridized carbons (Fsp3) is 0.450. The summed E-state index contributed by atoms with van der Waals surface area (Å²) in [4.78, 5) is 38.2. The topological polar surface area (TPSA) is 77.4 Å². The molecule has 1 aliphatic rings. The third kappa shape index (κ3) is 5.12. The smallest absolute Gasteiger partial charge is 0.417 e. The van der Waals surface area contributed by atoms with Crippen LogP contribution in [0.1, 0.15) is 46.6 Å². The second kappa shape index (κ2) is 9.04. The van der Waals surface area contributed by atoms with Gasteiger partial charge in [-0.1, -0.05) is 18.5 Å². The SMILES string of the molecule is CCOC(=O)c1c(NC(=O)Cn2cc(C(F)(F)F)cc(Cl)c2=O)sc2c1CCC(C)C2. The van der Waals surface area contributed by atoms with Gasteiger partial charge in [0.2, 0.25) is 5.91 Å². The number of esters is 1. The highest BCUT2D eigenvalue weighted by Crippen LogP contribution is 2.40. The van der Waals surface area contributed by atoms with Crippen molar-refractivity contribution < 1.29 is 27.5 Å². The molecule has 31 heavy (non-hydrogen) atoms. The number of carbonyl (C=O) groups excluding carboxylic acids is 2. The Hall–Kier alpha value is -2.33. The van der Waals surface area contributed by atoms with E-state index in [9.17, 15) is 27.6 Å². The van der Waals surface area contributed by atoms with Gasteiger partial charge in [-0.2, -0.15) is 13.2 Å². The van der Waals surface area contributed by atoms with E-state index in [1.54, 1.807) is 6.92 Å². The molecular weight excluding hydrogens is 457 g/mol. The monoisotopic (exact) mass is 476 g/mol. The molecular formula is C20H20ClF3N2O4S. The summed E-state index contributed by atoms with van der Waals surface area (Å²) < 4.78 is 44.8. The van der Waals surface area contributed by atoms with E-state index in [0.29, 0.717) is 29.2 Å². The highest BCUT2D eigenvalue weighted by molar-refractivity contribution is 7.17. The number of nitrogens with one attached hydrogen (secondary N) is 1. The lowest BCUT2D eigenvalue weighted by atomic mass is 9.88. The number of amides is 1. The average molecular weight is 477 g/mol. The Morgan fingerprint density at radius 3 is 2.74 bits per heavy atom. The normalized spacial score (nSPS) is 16.0. The number of hydrogen-bond acceptors (Lipinski definition) is 5. The van der Waals surface area contributed by atoms with Gasteiger partial charge in [0.1, 0.15) is 16.6 Å². The molecule has 2 aromatic heterocycles. The lowest BCUT2D eigenvalue weighted by Gasteiger charge is -2.18. The minimum Gasteiger partial charge on any atom is -0.462 e. The fourth-order valence-electron chi connectivity index (χ4n) is 3.45. The third-order valence-electron chi connectivity index (χ3n) is 4.93. The molecule has 0 aromatic carbocycles. The third-order valence-corrected chi connectivity index (χ3v) is 6.37. The molecule has 0 radical (unpaired) electrons. The number of ether oxygens (including phenoxy) is 1. The summed E-state index contributed by atoms with van der Waals surface area (Å²) >= 11 is 6.88. The minimum atomic E-state index is -4.73. The van der Waals surface area contributed by atoms with Crippen LogP contribution in [0.4, 0.5) is 18.2 Å². The van der Waals surface area contributed by atoms with Crippen LogP contribution >= 0.6 is 22.9 Å². The van der Waals surface area contributed by atoms with Crippen molar-refractivity contribution in [2.75, 3.05) is 11.9 Å². The number of aromatic nitrogens is 1. The molecule has 1 atom stereocenters. The lowest BCUT2D eigenvalue weighted by Crippen LogP contribution is -2.29. The van der Waals surface area contributed by atoms with E-state index in [4.69, 9.17) is 16.3 Å². The summed E-state index contributed by atoms with van der Waals surface area (Å²) in [6.45, 7) is 3.23. The fourth-order valence-corrected chi connectivity index (χ4v) is 5.09. The van der Waals surface area contributed by atoms with Crippen LogP contribution in [0, 0.1) is 5.92 Å². The molecule has 0 aliphatic heterocycles. The average Bonchev–Trinajstić information content (AvgIpc) is 3.01. The van der Waals surface area contributed by atoms with Gasteiger partial charge < -0.3 is 14.6 Å². The van der Waals surface area contributed by atoms with Gasteiger partial charge in [0, 0.05) is 11.1 Å². The second-order valence-electron chi connectivity index (χ2n) is 7.33. The van der Waals surface area contributed by atoms with Gasteiger partial charge in [0.25, 0.3) is 5.56 Å². The van der Waals surface area contributed by atoms with Crippen molar-refractivity contribution in [2.45, 2.75) is 45.8 Å². The Morgan fingerprint density at radius 1 is 1.39 bits per heavy atom. The van der Waals surface area contributed by atoms with E-state index in [1.807, 2.05) is 0 Å². The summed E-state index contributed by atoms with van der Waals surface area (Å²) in [5, 5.41) is 2.20. The Bertz CT molecular complexity index is 1080. The summed E-state index contributed by atoms with van der Waals surface area (Å²) in [5.41, 5.74) is -0.958. The molecule has 6 nitrogen and oxygen atoms in total. The second-order valence-corrected chi connectivity index (χ2v) is 8.84.